The van der Waals surface area contributed by atoms with E-state index in [2.05, 4.69) is 14.7 Å². The summed E-state index contributed by atoms with van der Waals surface area (Å²) in [6, 6.07) is 7.69. The van der Waals surface area contributed by atoms with Gasteiger partial charge in [-0.25, -0.2) is 8.99 Å². The molecule has 2 aromatic rings. The van der Waals surface area contributed by atoms with E-state index in [9.17, 15) is 9.59 Å². The first-order valence-corrected chi connectivity index (χ1v) is 12.8. The zero-order chi connectivity index (χ0) is 24.5. The summed E-state index contributed by atoms with van der Waals surface area (Å²) in [5.41, 5.74) is 0.980. The number of nitrogens with zero attached hydrogens (tertiary/aromatic N) is 4. The molecule has 0 atom stereocenters. The van der Waals surface area contributed by atoms with Crippen molar-refractivity contribution in [3.05, 3.63) is 51.4 Å². The van der Waals surface area contributed by atoms with E-state index < -0.39 is 0 Å². The number of anilines is 1. The Hall–Kier alpha value is -2.07. The molecule has 186 valence electrons. The van der Waals surface area contributed by atoms with Gasteiger partial charge < -0.3 is 15.0 Å². The Morgan fingerprint density at radius 3 is 2.29 bits per heavy atom. The van der Waals surface area contributed by atoms with Crippen molar-refractivity contribution in [3.8, 4) is 0 Å². The molecule has 0 aliphatic carbocycles. The monoisotopic (exact) mass is 507 g/mol. The number of carbonyl (C=O) groups is 1. The molecular formula is C24H34ClN5O3S. The minimum Gasteiger partial charge on any atom is -0.385 e. The Kier molecular flexibility index (Phi) is 10.2. The molecular weight excluding hydrogens is 474 g/mol. The molecule has 34 heavy (non-hydrogen) atoms. The second-order valence-electron chi connectivity index (χ2n) is 8.52. The summed E-state index contributed by atoms with van der Waals surface area (Å²) in [7, 11) is 5.20. The van der Waals surface area contributed by atoms with Crippen LogP contribution in [0.25, 0.3) is 0 Å². The third kappa shape index (κ3) is 7.21. The van der Waals surface area contributed by atoms with Crippen LogP contribution in [-0.4, -0.2) is 72.3 Å². The van der Waals surface area contributed by atoms with Crippen molar-refractivity contribution in [3.63, 3.8) is 0 Å². The highest BCUT2D eigenvalue weighted by atomic mass is 35.5. The summed E-state index contributed by atoms with van der Waals surface area (Å²) in [5, 5.41) is 7.34. The smallest absolute Gasteiger partial charge is 0.287 e. The lowest BCUT2D eigenvalue weighted by molar-refractivity contribution is 0.0827. The molecule has 1 N–H and O–H groups in total. The first kappa shape index (κ1) is 26.5. The van der Waals surface area contributed by atoms with Gasteiger partial charge in [0.2, 0.25) is 0 Å². The van der Waals surface area contributed by atoms with Gasteiger partial charge in [-0.1, -0.05) is 11.6 Å². The Balaban J connectivity index is 0.000000469. The van der Waals surface area contributed by atoms with E-state index >= 15 is 0 Å². The molecule has 10 heteroatoms. The predicted molar refractivity (Wildman–Crippen MR) is 138 cm³/mol. The van der Waals surface area contributed by atoms with E-state index in [1.165, 1.54) is 23.9 Å². The number of amides is 1. The number of hydrogen-bond donors (Lipinski definition) is 1. The molecule has 8 nitrogen and oxygen atoms in total. The van der Waals surface area contributed by atoms with Crippen LogP contribution in [0.3, 0.4) is 0 Å². The van der Waals surface area contributed by atoms with E-state index in [0.717, 1.165) is 44.0 Å². The first-order chi connectivity index (χ1) is 16.4. The van der Waals surface area contributed by atoms with Crippen LogP contribution >= 0.6 is 23.5 Å². The van der Waals surface area contributed by atoms with Crippen LogP contribution in [0.5, 0.6) is 0 Å². The van der Waals surface area contributed by atoms with Gasteiger partial charge in [-0.2, -0.15) is 5.10 Å². The summed E-state index contributed by atoms with van der Waals surface area (Å²) >= 11 is 7.80. The largest absolute Gasteiger partial charge is 0.385 e. The number of rotatable bonds is 5. The van der Waals surface area contributed by atoms with Gasteiger partial charge in [0.1, 0.15) is 5.02 Å². The highest BCUT2D eigenvalue weighted by molar-refractivity contribution is 7.97. The molecule has 0 radical (unpaired) electrons. The van der Waals surface area contributed by atoms with E-state index in [0.29, 0.717) is 11.3 Å². The molecule has 2 fully saturated rings. The number of nitrogens with one attached hydrogen (secondary N) is 1. The molecule has 3 heterocycles. The predicted octanol–water partition coefficient (Wildman–Crippen LogP) is 4.17. The Morgan fingerprint density at radius 2 is 1.79 bits per heavy atom. The summed E-state index contributed by atoms with van der Waals surface area (Å²) in [6.45, 7) is 3.68. The van der Waals surface area contributed by atoms with Gasteiger partial charge in [-0.3, -0.25) is 9.59 Å². The van der Waals surface area contributed by atoms with E-state index in [4.69, 9.17) is 16.3 Å². The highest BCUT2D eigenvalue weighted by Gasteiger charge is 2.24. The van der Waals surface area contributed by atoms with Gasteiger partial charge in [-0.05, 0) is 68.3 Å². The van der Waals surface area contributed by atoms with Crippen LogP contribution in [0.2, 0.25) is 5.02 Å². The number of aromatic nitrogens is 2. The molecule has 2 aliphatic heterocycles. The molecule has 0 unspecified atom stereocenters. The van der Waals surface area contributed by atoms with Crippen molar-refractivity contribution in [1.29, 1.82) is 0 Å². The molecule has 0 spiro atoms. The summed E-state index contributed by atoms with van der Waals surface area (Å²) in [5.74, 6) is -0.00161. The maximum absolute atomic E-state index is 12.4. The molecule has 1 amide bonds. The molecule has 2 saturated heterocycles. The topological polar surface area (TPSA) is 79.7 Å². The second kappa shape index (κ2) is 13.1. The number of ether oxygens (including phenoxy) is 1. The molecule has 1 aromatic carbocycles. The quantitative estimate of drug-likeness (QED) is 0.608. The van der Waals surface area contributed by atoms with Gasteiger partial charge in [0, 0.05) is 57.9 Å². The minimum atomic E-state index is -0.249. The first-order valence-electron chi connectivity index (χ1n) is 11.7. The van der Waals surface area contributed by atoms with Crippen molar-refractivity contribution in [2.24, 2.45) is 0 Å². The lowest BCUT2D eigenvalue weighted by Crippen LogP contribution is -2.36. The van der Waals surface area contributed by atoms with E-state index in [1.807, 2.05) is 24.3 Å². The molecule has 1 aromatic heterocycles. The highest BCUT2D eigenvalue weighted by Crippen LogP contribution is 2.30. The van der Waals surface area contributed by atoms with Gasteiger partial charge in [0.25, 0.3) is 11.5 Å². The van der Waals surface area contributed by atoms with Crippen LogP contribution in [0.4, 0.5) is 5.69 Å². The number of halogens is 1. The average molecular weight is 508 g/mol. The Morgan fingerprint density at radius 1 is 1.15 bits per heavy atom. The zero-order valence-electron chi connectivity index (χ0n) is 20.1. The van der Waals surface area contributed by atoms with Crippen LogP contribution in [0, 0.1) is 0 Å². The van der Waals surface area contributed by atoms with Gasteiger partial charge in [0.05, 0.1) is 17.9 Å². The third-order valence-corrected chi connectivity index (χ3v) is 7.27. The zero-order valence-corrected chi connectivity index (χ0v) is 21.7. The second-order valence-corrected chi connectivity index (χ2v) is 10.1. The number of benzene rings is 1. The minimum absolute atomic E-state index is 0.00161. The van der Waals surface area contributed by atoms with Crippen LogP contribution in [-0.2, 0) is 4.74 Å². The van der Waals surface area contributed by atoms with E-state index in [1.54, 1.807) is 44.2 Å². The fourth-order valence-electron chi connectivity index (χ4n) is 3.81. The van der Waals surface area contributed by atoms with E-state index in [-0.39, 0.29) is 22.5 Å². The van der Waals surface area contributed by atoms with Gasteiger partial charge in [0.15, 0.2) is 0 Å². The fraction of sp³-hybridized carbons (Fsp3) is 0.542. The van der Waals surface area contributed by atoms with Gasteiger partial charge in [-0.15, -0.1) is 0 Å². The Bertz CT molecular complexity index is 976. The van der Waals surface area contributed by atoms with Crippen molar-refractivity contribution in [1.82, 2.24) is 19.0 Å². The Labute approximate surface area is 210 Å². The van der Waals surface area contributed by atoms with Crippen molar-refractivity contribution < 1.29 is 9.53 Å². The SMILES string of the molecule is C1CCOCC1.CNc1cnn(C2CCN(Sc3ccc(C(=O)N(C)C)cc3)CC2)c(=O)c1Cl. The van der Waals surface area contributed by atoms with Crippen molar-refractivity contribution in [2.75, 3.05) is 52.8 Å². The standard InChI is InChI=1S/C19H24ClN5O2S.C5H10O/c1-21-16-12-22-25(19(27)17(16)20)14-8-10-24(11-9-14)28-15-6-4-13(5-7-15)18(26)23(2)3;1-2-4-6-5-3-1/h4-7,12,14,21H,8-11H2,1-3H3;1-5H2. The summed E-state index contributed by atoms with van der Waals surface area (Å²) in [4.78, 5) is 27.1. The third-order valence-electron chi connectivity index (χ3n) is 5.80. The number of hydrogen-bond acceptors (Lipinski definition) is 7. The van der Waals surface area contributed by atoms with Crippen LogP contribution < -0.4 is 10.9 Å². The maximum Gasteiger partial charge on any atom is 0.287 e. The molecule has 4 rings (SSSR count). The molecule has 0 bridgehead atoms. The summed E-state index contributed by atoms with van der Waals surface area (Å²) < 4.78 is 8.85. The number of piperidine rings is 1. The fourth-order valence-corrected chi connectivity index (χ4v) is 4.99. The van der Waals surface area contributed by atoms with Crippen LogP contribution in [0.1, 0.15) is 48.5 Å². The summed E-state index contributed by atoms with van der Waals surface area (Å²) in [6.07, 6.45) is 7.18. The maximum atomic E-state index is 12.4. The lowest BCUT2D eigenvalue weighted by Gasteiger charge is -2.31. The average Bonchev–Trinajstić information content (AvgIpc) is 2.88. The number of carbonyl (C=O) groups excluding carboxylic acids is 1. The molecule has 2 aliphatic rings. The van der Waals surface area contributed by atoms with Crippen molar-refractivity contribution in [2.45, 2.75) is 43.0 Å². The van der Waals surface area contributed by atoms with Crippen molar-refractivity contribution >= 4 is 35.1 Å². The normalized spacial score (nSPS) is 16.9. The lowest BCUT2D eigenvalue weighted by atomic mass is 10.1. The van der Waals surface area contributed by atoms with Gasteiger partial charge >= 0.3 is 0 Å². The van der Waals surface area contributed by atoms with Crippen LogP contribution in [0.15, 0.2) is 40.2 Å². The molecule has 0 saturated carbocycles.